The van der Waals surface area contributed by atoms with Crippen LogP contribution in [0, 0.1) is 5.92 Å². The Morgan fingerprint density at radius 2 is 2.00 bits per heavy atom. The molecular weight excluding hydrogens is 198 g/mol. The predicted molar refractivity (Wildman–Crippen MR) is 49.3 cm³/mol. The maximum atomic E-state index is 11.0. The Morgan fingerprint density at radius 1 is 1.42 bits per heavy atom. The van der Waals surface area contributed by atoms with E-state index < -0.39 is 9.24 Å². The molecule has 5 heteroatoms. The van der Waals surface area contributed by atoms with Gasteiger partial charge in [0.1, 0.15) is 0 Å². The van der Waals surface area contributed by atoms with Crippen LogP contribution in [0.5, 0.6) is 0 Å². The second-order valence-electron chi connectivity index (χ2n) is 3.53. The molecule has 72 valence electrons. The molecule has 0 aromatic heterocycles. The first-order valence-corrected chi connectivity index (χ1v) is 6.39. The Bertz CT molecular complexity index is 252. The van der Waals surface area contributed by atoms with Gasteiger partial charge < -0.3 is 0 Å². The first-order chi connectivity index (χ1) is 5.41. The van der Waals surface area contributed by atoms with Gasteiger partial charge in [-0.25, -0.2) is 0 Å². The van der Waals surface area contributed by atoms with Crippen LogP contribution in [-0.2, 0) is 9.24 Å². The molecule has 0 amide bonds. The van der Waals surface area contributed by atoms with Gasteiger partial charge in [0.2, 0.25) is 0 Å². The van der Waals surface area contributed by atoms with E-state index in [0.717, 1.165) is 12.8 Å². The molecule has 1 aliphatic heterocycles. The lowest BCUT2D eigenvalue weighted by molar-refractivity contribution is 0.223. The molecule has 0 aliphatic carbocycles. The van der Waals surface area contributed by atoms with Crippen molar-refractivity contribution in [3.63, 3.8) is 0 Å². The molecule has 0 bridgehead atoms. The zero-order valence-electron chi connectivity index (χ0n) is 7.33. The van der Waals surface area contributed by atoms with Gasteiger partial charge in [-0.1, -0.05) is 6.92 Å². The molecule has 1 fully saturated rings. The molecule has 0 aromatic rings. The maximum absolute atomic E-state index is 11.0. The summed E-state index contributed by atoms with van der Waals surface area (Å²) in [4.78, 5) is 0. The van der Waals surface area contributed by atoms with E-state index in [9.17, 15) is 8.42 Å². The summed E-state index contributed by atoms with van der Waals surface area (Å²) in [5.74, 6) is 0.606. The minimum Gasteiger partial charge on any atom is -0.195 e. The minimum atomic E-state index is -3.49. The summed E-state index contributed by atoms with van der Waals surface area (Å²) in [5.41, 5.74) is 0. The molecule has 2 unspecified atom stereocenters. The van der Waals surface area contributed by atoms with Crippen molar-refractivity contribution < 1.29 is 8.42 Å². The van der Waals surface area contributed by atoms with Gasteiger partial charge in [0.15, 0.2) is 0 Å². The maximum Gasteiger partial charge on any atom is 0.300 e. The summed E-state index contributed by atoms with van der Waals surface area (Å²) in [5, 5.41) is 0. The average molecular weight is 212 g/mol. The summed E-state index contributed by atoms with van der Waals surface area (Å²) in [7, 11) is 1.76. The third-order valence-electron chi connectivity index (χ3n) is 2.36. The fourth-order valence-electron chi connectivity index (χ4n) is 1.71. The van der Waals surface area contributed by atoms with E-state index >= 15 is 0 Å². The second-order valence-corrected chi connectivity index (χ2v) is 5.99. The molecular formula is C7H14ClNO2S. The van der Waals surface area contributed by atoms with Gasteiger partial charge >= 0.3 is 0 Å². The van der Waals surface area contributed by atoms with Gasteiger partial charge in [-0.2, -0.15) is 12.7 Å². The van der Waals surface area contributed by atoms with Crippen molar-refractivity contribution in [2.24, 2.45) is 5.92 Å². The number of rotatable bonds is 1. The molecule has 3 nitrogen and oxygen atoms in total. The molecule has 2 atom stereocenters. The summed E-state index contributed by atoms with van der Waals surface area (Å²) in [6.45, 7) is 4.60. The zero-order valence-corrected chi connectivity index (χ0v) is 8.90. The van der Waals surface area contributed by atoms with Crippen molar-refractivity contribution in [1.82, 2.24) is 4.31 Å². The predicted octanol–water partition coefficient (Wildman–Crippen LogP) is 1.59. The molecule has 0 saturated carbocycles. The van der Waals surface area contributed by atoms with E-state index in [2.05, 4.69) is 6.92 Å². The number of nitrogens with zero attached hydrogens (tertiary/aromatic N) is 1. The van der Waals surface area contributed by atoms with Gasteiger partial charge in [0, 0.05) is 23.3 Å². The summed E-state index contributed by atoms with van der Waals surface area (Å²) < 4.78 is 23.4. The van der Waals surface area contributed by atoms with Gasteiger partial charge in [-0.15, -0.1) is 0 Å². The van der Waals surface area contributed by atoms with Crippen LogP contribution in [0.25, 0.3) is 0 Å². The van der Waals surface area contributed by atoms with Crippen LogP contribution in [-0.4, -0.2) is 25.3 Å². The van der Waals surface area contributed by atoms with Crippen molar-refractivity contribution in [3.05, 3.63) is 0 Å². The smallest absolute Gasteiger partial charge is 0.195 e. The quantitative estimate of drug-likeness (QED) is 0.618. The summed E-state index contributed by atoms with van der Waals surface area (Å²) in [6, 6.07) is 0.0521. The molecule has 12 heavy (non-hydrogen) atoms. The molecule has 0 radical (unpaired) electrons. The van der Waals surface area contributed by atoms with Crippen LogP contribution in [0.3, 0.4) is 0 Å². The first-order valence-electron chi connectivity index (χ1n) is 4.12. The highest BCUT2D eigenvalue weighted by molar-refractivity contribution is 8.11. The van der Waals surface area contributed by atoms with Crippen LogP contribution < -0.4 is 0 Å². The number of hydrogen-bond donors (Lipinski definition) is 0. The molecule has 0 spiro atoms. The number of piperidine rings is 1. The van der Waals surface area contributed by atoms with Crippen molar-refractivity contribution >= 4 is 19.9 Å². The third kappa shape index (κ3) is 2.34. The fraction of sp³-hybridized carbons (Fsp3) is 1.00. The van der Waals surface area contributed by atoms with E-state index in [4.69, 9.17) is 10.7 Å². The Morgan fingerprint density at radius 3 is 2.42 bits per heavy atom. The van der Waals surface area contributed by atoms with Crippen LogP contribution in [0.15, 0.2) is 0 Å². The molecule has 1 saturated heterocycles. The second kappa shape index (κ2) is 3.52. The van der Waals surface area contributed by atoms with Crippen LogP contribution in [0.2, 0.25) is 0 Å². The Kier molecular flexibility index (Phi) is 3.01. The lowest BCUT2D eigenvalue weighted by Gasteiger charge is -2.33. The van der Waals surface area contributed by atoms with Crippen molar-refractivity contribution in [2.75, 3.05) is 6.54 Å². The van der Waals surface area contributed by atoms with E-state index in [1.54, 1.807) is 0 Å². The highest BCUT2D eigenvalue weighted by atomic mass is 35.7. The molecule has 1 aliphatic rings. The van der Waals surface area contributed by atoms with Crippen LogP contribution in [0.1, 0.15) is 26.7 Å². The zero-order chi connectivity index (χ0) is 9.35. The fourth-order valence-corrected chi connectivity index (χ4v) is 3.16. The molecule has 1 rings (SSSR count). The van der Waals surface area contributed by atoms with Crippen LogP contribution in [0.4, 0.5) is 0 Å². The highest BCUT2D eigenvalue weighted by Gasteiger charge is 2.30. The molecule has 0 aromatic carbocycles. The first kappa shape index (κ1) is 10.3. The van der Waals surface area contributed by atoms with Gasteiger partial charge in [-0.3, -0.25) is 0 Å². The largest absolute Gasteiger partial charge is 0.300 e. The standard InChI is InChI=1S/C7H14ClNO2S/c1-6-3-4-9(7(2)5-6)12(8,10)11/h6-7H,3-5H2,1-2H3. The Hall–Kier alpha value is 0.200. The SMILES string of the molecule is CC1CCN(S(=O)(=O)Cl)C(C)C1. The van der Waals surface area contributed by atoms with E-state index in [1.165, 1.54) is 4.31 Å². The Balaban J connectivity index is 2.69. The lowest BCUT2D eigenvalue weighted by atomic mass is 9.95. The van der Waals surface area contributed by atoms with Crippen molar-refractivity contribution in [3.8, 4) is 0 Å². The van der Waals surface area contributed by atoms with Gasteiger partial charge in [0.25, 0.3) is 9.24 Å². The molecule has 1 heterocycles. The Labute approximate surface area is 78.3 Å². The average Bonchev–Trinajstić information content (AvgIpc) is 1.83. The monoisotopic (exact) mass is 211 g/mol. The lowest BCUT2D eigenvalue weighted by Crippen LogP contribution is -2.41. The number of hydrogen-bond acceptors (Lipinski definition) is 2. The van der Waals surface area contributed by atoms with Gasteiger partial charge in [0.05, 0.1) is 0 Å². The molecule has 0 N–H and O–H groups in total. The normalized spacial score (nSPS) is 33.6. The highest BCUT2D eigenvalue weighted by Crippen LogP contribution is 2.25. The topological polar surface area (TPSA) is 37.4 Å². The summed E-state index contributed by atoms with van der Waals surface area (Å²) in [6.07, 6.45) is 1.82. The summed E-state index contributed by atoms with van der Waals surface area (Å²) >= 11 is 0. The van der Waals surface area contributed by atoms with E-state index in [0.29, 0.717) is 12.5 Å². The van der Waals surface area contributed by atoms with Crippen LogP contribution >= 0.6 is 10.7 Å². The third-order valence-corrected chi connectivity index (χ3v) is 3.99. The van der Waals surface area contributed by atoms with E-state index in [-0.39, 0.29) is 6.04 Å². The van der Waals surface area contributed by atoms with Crippen molar-refractivity contribution in [1.29, 1.82) is 0 Å². The minimum absolute atomic E-state index is 0.0521. The van der Waals surface area contributed by atoms with Gasteiger partial charge in [-0.05, 0) is 25.7 Å². The number of halogens is 1. The van der Waals surface area contributed by atoms with E-state index in [1.807, 2.05) is 6.92 Å². The van der Waals surface area contributed by atoms with Crippen molar-refractivity contribution in [2.45, 2.75) is 32.7 Å².